The van der Waals surface area contributed by atoms with E-state index in [0.717, 1.165) is 72.8 Å². The number of aromatic nitrogens is 2. The molecule has 0 bridgehead atoms. The van der Waals surface area contributed by atoms with E-state index in [4.69, 9.17) is 10.7 Å². The van der Waals surface area contributed by atoms with Gasteiger partial charge in [-0.2, -0.15) is 0 Å². The first-order valence-corrected chi connectivity index (χ1v) is 11.4. The third-order valence-corrected chi connectivity index (χ3v) is 6.88. The predicted molar refractivity (Wildman–Crippen MR) is 130 cm³/mol. The summed E-state index contributed by atoms with van der Waals surface area (Å²) in [5.41, 5.74) is 13.2. The quantitative estimate of drug-likeness (QED) is 0.669. The van der Waals surface area contributed by atoms with Crippen LogP contribution in [0.3, 0.4) is 0 Å². The molecule has 3 N–H and O–H groups in total. The third-order valence-electron chi connectivity index (χ3n) is 6.88. The molecule has 2 aromatic heterocycles. The highest BCUT2D eigenvalue weighted by Crippen LogP contribution is 2.32. The highest BCUT2D eigenvalue weighted by atomic mass is 15.3. The van der Waals surface area contributed by atoms with Crippen LogP contribution in [0.25, 0.3) is 22.3 Å². The van der Waals surface area contributed by atoms with Gasteiger partial charge >= 0.3 is 0 Å². The number of piperazine rings is 1. The first kappa shape index (κ1) is 19.6. The summed E-state index contributed by atoms with van der Waals surface area (Å²) in [5, 5.41) is 3.60. The number of benzene rings is 1. The monoisotopic (exact) mass is 427 g/mol. The molecule has 0 atom stereocenters. The maximum Gasteiger partial charge on any atom is 0.104 e. The molecular formula is C25H29N7. The molecule has 0 amide bonds. The molecule has 3 aromatic rings. The van der Waals surface area contributed by atoms with Gasteiger partial charge in [0.05, 0.1) is 34.3 Å². The zero-order chi connectivity index (χ0) is 21.9. The number of hydrogen-bond acceptors (Lipinski definition) is 7. The average molecular weight is 428 g/mol. The van der Waals surface area contributed by atoms with Crippen LogP contribution < -0.4 is 16.0 Å². The third kappa shape index (κ3) is 3.51. The number of rotatable bonds is 3. The van der Waals surface area contributed by atoms with Crippen molar-refractivity contribution in [3.8, 4) is 11.3 Å². The van der Waals surface area contributed by atoms with E-state index in [9.17, 15) is 0 Å². The number of anilines is 1. The normalized spacial score (nSPS) is 20.8. The second kappa shape index (κ2) is 7.25. The van der Waals surface area contributed by atoms with Crippen LogP contribution in [0.5, 0.6) is 0 Å². The van der Waals surface area contributed by atoms with Gasteiger partial charge < -0.3 is 16.0 Å². The summed E-state index contributed by atoms with van der Waals surface area (Å²) in [5.74, 6) is 0.676. The van der Waals surface area contributed by atoms with Gasteiger partial charge in [0, 0.05) is 56.3 Å². The standard InChI is InChI=1S/C25H29N7/c1-25(2)15-31(8-7-28-25)19-13-32(14-19)18-11-23-21(27-12-18)6-5-20(29-23)16-3-4-17-10-24(26)30-22(17)9-16/h3-6,9,11-12,19,28H,7-8,10,13-15H2,1-2H3,(H2,26,30). The SMILES string of the molecule is CC1(C)CN(C2CN(c3cnc4ccc(-c5ccc6c(c5)N=C(N)C6)nc4c3)C2)CCN1. The Morgan fingerprint density at radius 1 is 1.09 bits per heavy atom. The largest absolute Gasteiger partial charge is 0.387 e. The number of pyridine rings is 2. The molecule has 2 fully saturated rings. The molecule has 0 unspecified atom stereocenters. The Labute approximate surface area is 188 Å². The lowest BCUT2D eigenvalue weighted by molar-refractivity contribution is 0.0930. The molecule has 0 aliphatic carbocycles. The van der Waals surface area contributed by atoms with E-state index in [1.54, 1.807) is 0 Å². The average Bonchev–Trinajstić information content (AvgIpc) is 3.10. The van der Waals surface area contributed by atoms with Crippen LogP contribution in [0.4, 0.5) is 11.4 Å². The number of nitrogens with two attached hydrogens (primary N) is 1. The predicted octanol–water partition coefficient (Wildman–Crippen LogP) is 2.71. The summed E-state index contributed by atoms with van der Waals surface area (Å²) >= 11 is 0. The van der Waals surface area contributed by atoms with Crippen LogP contribution in [-0.2, 0) is 6.42 Å². The van der Waals surface area contributed by atoms with Gasteiger partial charge in [0.15, 0.2) is 0 Å². The Balaban J connectivity index is 1.22. The molecule has 1 aromatic carbocycles. The highest BCUT2D eigenvalue weighted by molar-refractivity contribution is 5.92. The molecule has 164 valence electrons. The van der Waals surface area contributed by atoms with E-state index < -0.39 is 0 Å². The van der Waals surface area contributed by atoms with Crippen molar-refractivity contribution in [3.63, 3.8) is 0 Å². The molecule has 0 spiro atoms. The van der Waals surface area contributed by atoms with Crippen molar-refractivity contribution in [2.75, 3.05) is 37.6 Å². The molecule has 5 heterocycles. The summed E-state index contributed by atoms with van der Waals surface area (Å²) in [6.07, 6.45) is 2.71. The van der Waals surface area contributed by atoms with Crippen LogP contribution in [0.15, 0.2) is 47.6 Å². The fourth-order valence-corrected chi connectivity index (χ4v) is 5.09. The Morgan fingerprint density at radius 2 is 1.97 bits per heavy atom. The van der Waals surface area contributed by atoms with Gasteiger partial charge in [-0.15, -0.1) is 0 Å². The van der Waals surface area contributed by atoms with E-state index in [1.807, 2.05) is 18.3 Å². The van der Waals surface area contributed by atoms with Crippen LogP contribution in [0.2, 0.25) is 0 Å². The molecular weight excluding hydrogens is 398 g/mol. The smallest absolute Gasteiger partial charge is 0.104 e. The fraction of sp³-hybridized carbons (Fsp3) is 0.400. The molecule has 6 rings (SSSR count). The lowest BCUT2D eigenvalue weighted by Gasteiger charge is -2.50. The van der Waals surface area contributed by atoms with Crippen molar-refractivity contribution >= 4 is 28.2 Å². The number of hydrogen-bond donors (Lipinski definition) is 2. The molecule has 32 heavy (non-hydrogen) atoms. The summed E-state index contributed by atoms with van der Waals surface area (Å²) in [7, 11) is 0. The van der Waals surface area contributed by atoms with Gasteiger partial charge in [-0.3, -0.25) is 9.88 Å². The zero-order valence-corrected chi connectivity index (χ0v) is 18.7. The number of aliphatic imine (C=N–C) groups is 1. The van der Waals surface area contributed by atoms with Gasteiger partial charge in [0.2, 0.25) is 0 Å². The fourth-order valence-electron chi connectivity index (χ4n) is 5.09. The topological polar surface area (TPSA) is 82.7 Å². The van der Waals surface area contributed by atoms with E-state index in [-0.39, 0.29) is 5.54 Å². The molecule has 7 heteroatoms. The summed E-state index contributed by atoms with van der Waals surface area (Å²) in [6, 6.07) is 13.2. The molecule has 0 radical (unpaired) electrons. The number of nitrogens with one attached hydrogen (secondary N) is 1. The second-order valence-corrected chi connectivity index (χ2v) is 9.89. The maximum atomic E-state index is 5.90. The molecule has 3 aliphatic heterocycles. The second-order valence-electron chi connectivity index (χ2n) is 9.89. The minimum atomic E-state index is 0.193. The Hall–Kier alpha value is -3.03. The summed E-state index contributed by atoms with van der Waals surface area (Å²) < 4.78 is 0. The minimum absolute atomic E-state index is 0.193. The highest BCUT2D eigenvalue weighted by Gasteiger charge is 2.36. The van der Waals surface area contributed by atoms with E-state index in [2.05, 4.69) is 63.2 Å². The van der Waals surface area contributed by atoms with Gasteiger partial charge in [0.25, 0.3) is 0 Å². The van der Waals surface area contributed by atoms with Gasteiger partial charge in [-0.1, -0.05) is 12.1 Å². The number of nitrogens with zero attached hydrogens (tertiary/aromatic N) is 5. The van der Waals surface area contributed by atoms with E-state index in [0.29, 0.717) is 11.9 Å². The lowest BCUT2D eigenvalue weighted by Crippen LogP contribution is -2.67. The lowest BCUT2D eigenvalue weighted by atomic mass is 9.97. The summed E-state index contributed by atoms with van der Waals surface area (Å²) in [6.45, 7) is 9.96. The maximum absolute atomic E-state index is 5.90. The van der Waals surface area contributed by atoms with Crippen molar-refractivity contribution in [2.45, 2.75) is 31.8 Å². The van der Waals surface area contributed by atoms with Gasteiger partial charge in [-0.25, -0.2) is 9.98 Å². The first-order chi connectivity index (χ1) is 15.4. The molecule has 0 saturated carbocycles. The van der Waals surface area contributed by atoms with Crippen LogP contribution in [-0.4, -0.2) is 65.0 Å². The van der Waals surface area contributed by atoms with Gasteiger partial charge in [-0.05, 0) is 43.7 Å². The van der Waals surface area contributed by atoms with Crippen LogP contribution in [0, 0.1) is 0 Å². The van der Waals surface area contributed by atoms with E-state index >= 15 is 0 Å². The van der Waals surface area contributed by atoms with E-state index in [1.165, 1.54) is 5.56 Å². The van der Waals surface area contributed by atoms with Crippen molar-refractivity contribution < 1.29 is 0 Å². The minimum Gasteiger partial charge on any atom is -0.387 e. The zero-order valence-electron chi connectivity index (χ0n) is 18.7. The van der Waals surface area contributed by atoms with Crippen molar-refractivity contribution in [3.05, 3.63) is 48.2 Å². The molecule has 3 aliphatic rings. The van der Waals surface area contributed by atoms with Crippen LogP contribution in [0.1, 0.15) is 19.4 Å². The molecule has 7 nitrogen and oxygen atoms in total. The Kier molecular flexibility index (Phi) is 4.45. The Morgan fingerprint density at radius 3 is 2.81 bits per heavy atom. The van der Waals surface area contributed by atoms with Crippen LogP contribution >= 0.6 is 0 Å². The summed E-state index contributed by atoms with van der Waals surface area (Å²) in [4.78, 5) is 19.1. The number of fused-ring (bicyclic) bond motifs is 2. The Bertz CT molecular complexity index is 1230. The number of amidine groups is 1. The first-order valence-electron chi connectivity index (χ1n) is 11.4. The van der Waals surface area contributed by atoms with Crippen molar-refractivity contribution in [2.24, 2.45) is 10.7 Å². The van der Waals surface area contributed by atoms with Crippen molar-refractivity contribution in [1.29, 1.82) is 0 Å². The van der Waals surface area contributed by atoms with Crippen molar-refractivity contribution in [1.82, 2.24) is 20.2 Å². The van der Waals surface area contributed by atoms with Gasteiger partial charge in [0.1, 0.15) is 5.84 Å². The molecule has 2 saturated heterocycles.